The van der Waals surface area contributed by atoms with Crippen LogP contribution < -0.4 is 4.74 Å². The van der Waals surface area contributed by atoms with Crippen LogP contribution in [0.5, 0.6) is 5.75 Å². The maximum atomic E-state index is 6.07. The zero-order chi connectivity index (χ0) is 14.4. The van der Waals surface area contributed by atoms with Crippen LogP contribution in [-0.2, 0) is 0 Å². The first-order valence-corrected chi connectivity index (χ1v) is 7.90. The number of halogens is 2. The Kier molecular flexibility index (Phi) is 6.43. The normalized spacial score (nSPS) is 17.9. The fourth-order valence-corrected chi connectivity index (χ4v) is 2.91. The summed E-state index contributed by atoms with van der Waals surface area (Å²) in [6.45, 7) is 6.38. The van der Waals surface area contributed by atoms with Crippen LogP contribution in [0, 0.1) is 0 Å². The van der Waals surface area contributed by atoms with Gasteiger partial charge in [0.15, 0.2) is 5.75 Å². The first-order valence-electron chi connectivity index (χ1n) is 7.14. The highest BCUT2D eigenvalue weighted by atomic mass is 35.5. The number of rotatable bonds is 5. The van der Waals surface area contributed by atoms with E-state index in [1.807, 2.05) is 6.07 Å². The van der Waals surface area contributed by atoms with Gasteiger partial charge in [0.1, 0.15) is 0 Å². The van der Waals surface area contributed by atoms with Crippen molar-refractivity contribution in [2.24, 2.45) is 0 Å². The molecule has 1 aromatic carbocycles. The van der Waals surface area contributed by atoms with Crippen molar-refractivity contribution in [1.29, 1.82) is 0 Å². The molecular formula is C15H22Cl2N2O. The second-order valence-electron chi connectivity index (χ2n) is 5.25. The maximum absolute atomic E-state index is 6.07. The minimum Gasteiger partial charge on any atom is -0.490 e. The van der Waals surface area contributed by atoms with Crippen LogP contribution >= 0.6 is 23.2 Å². The Morgan fingerprint density at radius 1 is 1.10 bits per heavy atom. The Morgan fingerprint density at radius 2 is 1.85 bits per heavy atom. The van der Waals surface area contributed by atoms with Crippen molar-refractivity contribution in [2.75, 3.05) is 46.4 Å². The minimum atomic E-state index is 0.578. The summed E-state index contributed by atoms with van der Waals surface area (Å²) in [4.78, 5) is 4.89. The summed E-state index contributed by atoms with van der Waals surface area (Å²) in [5, 5.41) is 1.16. The van der Waals surface area contributed by atoms with E-state index in [1.54, 1.807) is 12.1 Å². The van der Waals surface area contributed by atoms with Crippen LogP contribution in [-0.4, -0.2) is 56.2 Å². The smallest absolute Gasteiger partial charge is 0.156 e. The Hall–Kier alpha value is -0.480. The van der Waals surface area contributed by atoms with Gasteiger partial charge in [-0.1, -0.05) is 29.3 Å². The van der Waals surface area contributed by atoms with E-state index in [4.69, 9.17) is 27.9 Å². The van der Waals surface area contributed by atoms with E-state index in [2.05, 4.69) is 16.8 Å². The molecule has 20 heavy (non-hydrogen) atoms. The van der Waals surface area contributed by atoms with E-state index in [0.29, 0.717) is 22.4 Å². The van der Waals surface area contributed by atoms with Crippen LogP contribution in [0.4, 0.5) is 0 Å². The predicted octanol–water partition coefficient (Wildman–Crippen LogP) is 3.40. The molecule has 1 saturated heterocycles. The zero-order valence-corrected chi connectivity index (χ0v) is 13.5. The molecule has 0 aliphatic carbocycles. The van der Waals surface area contributed by atoms with Crippen molar-refractivity contribution >= 4 is 23.2 Å². The minimum absolute atomic E-state index is 0.578. The van der Waals surface area contributed by atoms with Crippen molar-refractivity contribution in [1.82, 2.24) is 9.80 Å². The van der Waals surface area contributed by atoms with Gasteiger partial charge < -0.3 is 14.5 Å². The van der Waals surface area contributed by atoms with Crippen molar-refractivity contribution in [3.05, 3.63) is 28.2 Å². The van der Waals surface area contributed by atoms with Gasteiger partial charge in [-0.25, -0.2) is 0 Å². The molecule has 0 unspecified atom stereocenters. The van der Waals surface area contributed by atoms with E-state index in [-0.39, 0.29) is 0 Å². The van der Waals surface area contributed by atoms with Gasteiger partial charge in [0.2, 0.25) is 0 Å². The Bertz CT molecular complexity index is 408. The Labute approximate surface area is 131 Å². The summed E-state index contributed by atoms with van der Waals surface area (Å²) in [5.41, 5.74) is 0. The van der Waals surface area contributed by atoms with Crippen LogP contribution in [0.3, 0.4) is 0 Å². The topological polar surface area (TPSA) is 15.7 Å². The lowest BCUT2D eigenvalue weighted by Gasteiger charge is -2.20. The number of hydrogen-bond acceptors (Lipinski definition) is 3. The Morgan fingerprint density at radius 3 is 2.60 bits per heavy atom. The number of likely N-dealkylation sites (N-methyl/N-ethyl adjacent to an activating group) is 1. The lowest BCUT2D eigenvalue weighted by Crippen LogP contribution is -2.30. The second kappa shape index (κ2) is 8.08. The summed E-state index contributed by atoms with van der Waals surface area (Å²) in [5.74, 6) is 0.603. The van der Waals surface area contributed by atoms with E-state index in [0.717, 1.165) is 26.1 Å². The highest BCUT2D eigenvalue weighted by Crippen LogP contribution is 2.32. The van der Waals surface area contributed by atoms with Gasteiger partial charge in [-0.2, -0.15) is 0 Å². The molecule has 112 valence electrons. The lowest BCUT2D eigenvalue weighted by molar-refractivity contribution is 0.238. The van der Waals surface area contributed by atoms with Gasteiger partial charge in [-0.15, -0.1) is 0 Å². The van der Waals surface area contributed by atoms with E-state index >= 15 is 0 Å². The molecule has 1 aliphatic rings. The number of para-hydroxylation sites is 1. The monoisotopic (exact) mass is 316 g/mol. The van der Waals surface area contributed by atoms with E-state index < -0.39 is 0 Å². The average molecular weight is 317 g/mol. The average Bonchev–Trinajstić information content (AvgIpc) is 2.62. The molecule has 0 aromatic heterocycles. The van der Waals surface area contributed by atoms with Gasteiger partial charge in [0.25, 0.3) is 0 Å². The third-order valence-electron chi connectivity index (χ3n) is 3.60. The van der Waals surface area contributed by atoms with E-state index in [9.17, 15) is 0 Å². The molecule has 5 heteroatoms. The fraction of sp³-hybridized carbons (Fsp3) is 0.600. The van der Waals surface area contributed by atoms with Crippen LogP contribution in [0.25, 0.3) is 0 Å². The molecule has 0 radical (unpaired) electrons. The number of nitrogens with zero attached hydrogens (tertiary/aromatic N) is 2. The summed E-state index contributed by atoms with van der Waals surface area (Å²) in [6, 6.07) is 5.42. The number of benzene rings is 1. The predicted molar refractivity (Wildman–Crippen MR) is 85.1 cm³/mol. The van der Waals surface area contributed by atoms with Crippen LogP contribution in [0.1, 0.15) is 12.8 Å². The summed E-state index contributed by atoms with van der Waals surface area (Å²) in [7, 11) is 2.19. The van der Waals surface area contributed by atoms with Gasteiger partial charge in [0.05, 0.1) is 16.7 Å². The maximum Gasteiger partial charge on any atom is 0.156 e. The third kappa shape index (κ3) is 4.81. The van der Waals surface area contributed by atoms with Crippen molar-refractivity contribution in [3.8, 4) is 5.75 Å². The molecule has 2 rings (SSSR count). The van der Waals surface area contributed by atoms with Gasteiger partial charge in [-0.3, -0.25) is 0 Å². The molecule has 1 aromatic rings. The van der Waals surface area contributed by atoms with Gasteiger partial charge >= 0.3 is 0 Å². The van der Waals surface area contributed by atoms with Crippen molar-refractivity contribution in [3.63, 3.8) is 0 Å². The molecular weight excluding hydrogens is 295 g/mol. The number of ether oxygens (including phenoxy) is 1. The summed E-state index contributed by atoms with van der Waals surface area (Å²) in [6.07, 6.45) is 2.24. The SMILES string of the molecule is CN1CCCN(CCCOc2c(Cl)cccc2Cl)CC1. The molecule has 0 amide bonds. The quantitative estimate of drug-likeness (QED) is 0.774. The molecule has 3 nitrogen and oxygen atoms in total. The summed E-state index contributed by atoms with van der Waals surface area (Å²) < 4.78 is 5.71. The first-order chi connectivity index (χ1) is 9.66. The largest absolute Gasteiger partial charge is 0.490 e. The Balaban J connectivity index is 1.71. The lowest BCUT2D eigenvalue weighted by atomic mass is 10.3. The zero-order valence-electron chi connectivity index (χ0n) is 11.9. The highest BCUT2D eigenvalue weighted by molar-refractivity contribution is 6.37. The van der Waals surface area contributed by atoms with Gasteiger partial charge in [-0.05, 0) is 45.1 Å². The molecule has 0 bridgehead atoms. The van der Waals surface area contributed by atoms with Crippen LogP contribution in [0.2, 0.25) is 10.0 Å². The molecule has 1 fully saturated rings. The molecule has 1 heterocycles. The highest BCUT2D eigenvalue weighted by Gasteiger charge is 2.12. The molecule has 0 N–H and O–H groups in total. The third-order valence-corrected chi connectivity index (χ3v) is 4.19. The molecule has 0 atom stereocenters. The first kappa shape index (κ1) is 15.9. The molecule has 0 saturated carbocycles. The van der Waals surface area contributed by atoms with Crippen molar-refractivity contribution in [2.45, 2.75) is 12.8 Å². The van der Waals surface area contributed by atoms with Crippen LogP contribution in [0.15, 0.2) is 18.2 Å². The molecule has 0 spiro atoms. The molecule has 1 aliphatic heterocycles. The van der Waals surface area contributed by atoms with Crippen molar-refractivity contribution < 1.29 is 4.74 Å². The fourth-order valence-electron chi connectivity index (χ4n) is 2.41. The number of hydrogen-bond donors (Lipinski definition) is 0. The second-order valence-corrected chi connectivity index (χ2v) is 6.07. The standard InChI is InChI=1S/C15H22Cl2N2O/c1-18-7-3-8-19(11-10-18)9-4-12-20-15-13(16)5-2-6-14(15)17/h2,5-6H,3-4,7-12H2,1H3. The van der Waals surface area contributed by atoms with Gasteiger partial charge in [0, 0.05) is 19.6 Å². The van der Waals surface area contributed by atoms with E-state index in [1.165, 1.54) is 19.5 Å². The summed E-state index contributed by atoms with van der Waals surface area (Å²) >= 11 is 12.1.